The van der Waals surface area contributed by atoms with Gasteiger partial charge >= 0.3 is 5.97 Å². The van der Waals surface area contributed by atoms with E-state index in [4.69, 9.17) is 9.47 Å². The van der Waals surface area contributed by atoms with Crippen LogP contribution in [0.4, 0.5) is 0 Å². The van der Waals surface area contributed by atoms with Crippen LogP contribution in [0.5, 0.6) is 11.5 Å². The van der Waals surface area contributed by atoms with Crippen LogP contribution in [0.1, 0.15) is 16.1 Å². The van der Waals surface area contributed by atoms with E-state index in [0.29, 0.717) is 34.3 Å². The molecular weight excluding hydrogens is 350 g/mol. The number of methoxy groups -OCH3 is 1. The number of rotatable bonds is 7. The lowest BCUT2D eigenvalue weighted by atomic mass is 10.0. The topological polar surface area (TPSA) is 68.7 Å². The Bertz CT molecular complexity index is 905. The lowest BCUT2D eigenvalue weighted by Crippen LogP contribution is -2.00. The fourth-order valence-corrected chi connectivity index (χ4v) is 3.13. The predicted molar refractivity (Wildman–Crippen MR) is 101 cm³/mol. The van der Waals surface area contributed by atoms with Gasteiger partial charge in [-0.25, -0.2) is 9.78 Å². The predicted octanol–water partition coefficient (Wildman–Crippen LogP) is 4.25. The zero-order valence-electron chi connectivity index (χ0n) is 14.1. The Hall–Kier alpha value is -3.12. The zero-order valence-corrected chi connectivity index (χ0v) is 14.9. The van der Waals surface area contributed by atoms with Crippen molar-refractivity contribution < 1.29 is 19.4 Å². The van der Waals surface area contributed by atoms with Gasteiger partial charge in [-0.1, -0.05) is 30.3 Å². The molecule has 1 heterocycles. The molecule has 2 aromatic carbocycles. The second-order valence-electron chi connectivity index (χ2n) is 5.37. The summed E-state index contributed by atoms with van der Waals surface area (Å²) in [4.78, 5) is 15.5. The van der Waals surface area contributed by atoms with Gasteiger partial charge in [-0.3, -0.25) is 0 Å². The molecule has 6 heteroatoms. The van der Waals surface area contributed by atoms with Gasteiger partial charge in [-0.2, -0.15) is 0 Å². The molecule has 1 aromatic heterocycles. The van der Waals surface area contributed by atoms with Gasteiger partial charge in [-0.15, -0.1) is 11.3 Å². The fourth-order valence-electron chi connectivity index (χ4n) is 2.46. The van der Waals surface area contributed by atoms with E-state index >= 15 is 0 Å². The van der Waals surface area contributed by atoms with E-state index in [0.717, 1.165) is 11.6 Å². The van der Waals surface area contributed by atoms with Gasteiger partial charge in [-0.05, 0) is 23.8 Å². The molecule has 0 unspecified atom stereocenters. The Morgan fingerprint density at radius 2 is 2.04 bits per heavy atom. The van der Waals surface area contributed by atoms with Crippen LogP contribution >= 0.6 is 11.3 Å². The van der Waals surface area contributed by atoms with Gasteiger partial charge in [0.2, 0.25) is 0 Å². The maximum atomic E-state index is 11.3. The van der Waals surface area contributed by atoms with E-state index in [9.17, 15) is 9.90 Å². The molecule has 0 saturated heterocycles. The van der Waals surface area contributed by atoms with E-state index < -0.39 is 5.97 Å². The molecule has 132 valence electrons. The first-order chi connectivity index (χ1) is 12.7. The van der Waals surface area contributed by atoms with Crippen LogP contribution < -0.4 is 9.47 Å². The molecule has 0 aliphatic rings. The van der Waals surface area contributed by atoms with Crippen molar-refractivity contribution in [2.75, 3.05) is 7.11 Å². The molecule has 0 aliphatic carbocycles. The van der Waals surface area contributed by atoms with Gasteiger partial charge < -0.3 is 14.6 Å². The average molecular weight is 367 g/mol. The summed E-state index contributed by atoms with van der Waals surface area (Å²) in [5.74, 6) is 0.130. The Morgan fingerprint density at radius 1 is 1.23 bits per heavy atom. The van der Waals surface area contributed by atoms with E-state index in [1.165, 1.54) is 11.3 Å². The minimum Gasteiger partial charge on any atom is -0.496 e. The number of thiazole rings is 1. The second-order valence-corrected chi connectivity index (χ2v) is 6.26. The van der Waals surface area contributed by atoms with Crippen molar-refractivity contribution in [2.24, 2.45) is 0 Å². The fraction of sp³-hybridized carbons (Fsp3) is 0.100. The number of carbonyl (C=O) groups is 1. The number of ether oxygens (including phenoxy) is 2. The number of hydrogen-bond donors (Lipinski definition) is 1. The first-order valence-electron chi connectivity index (χ1n) is 7.87. The van der Waals surface area contributed by atoms with Crippen molar-refractivity contribution in [3.63, 3.8) is 0 Å². The Balaban J connectivity index is 1.95. The van der Waals surface area contributed by atoms with Crippen molar-refractivity contribution >= 4 is 22.9 Å². The van der Waals surface area contributed by atoms with Gasteiger partial charge in [0.15, 0.2) is 0 Å². The summed E-state index contributed by atoms with van der Waals surface area (Å²) >= 11 is 1.36. The summed E-state index contributed by atoms with van der Waals surface area (Å²) in [6, 6.07) is 15.2. The molecule has 3 rings (SSSR count). The lowest BCUT2D eigenvalue weighted by molar-refractivity contribution is -0.131. The number of carboxylic acid groups (broad SMARTS) is 1. The first-order valence-corrected chi connectivity index (χ1v) is 8.75. The van der Waals surface area contributed by atoms with Crippen LogP contribution in [-0.4, -0.2) is 23.2 Å². The van der Waals surface area contributed by atoms with Crippen LogP contribution in [0.2, 0.25) is 0 Å². The Morgan fingerprint density at radius 3 is 2.69 bits per heavy atom. The summed E-state index contributed by atoms with van der Waals surface area (Å²) in [6.45, 7) is 0.418. The normalized spacial score (nSPS) is 11.2. The number of hydrogen-bond acceptors (Lipinski definition) is 5. The minimum atomic E-state index is -1.05. The maximum Gasteiger partial charge on any atom is 0.329 e. The Labute approximate surface area is 155 Å². The molecule has 0 atom stereocenters. The largest absolute Gasteiger partial charge is 0.496 e. The molecule has 0 saturated carbocycles. The third-order valence-corrected chi connectivity index (χ3v) is 4.45. The van der Waals surface area contributed by atoms with Crippen molar-refractivity contribution in [3.8, 4) is 11.5 Å². The summed E-state index contributed by atoms with van der Waals surface area (Å²) in [7, 11) is 1.55. The first kappa shape index (κ1) is 17.7. The molecule has 5 nitrogen and oxygen atoms in total. The number of aromatic nitrogens is 1. The van der Waals surface area contributed by atoms with Crippen LogP contribution in [0.25, 0.3) is 5.57 Å². The quantitative estimate of drug-likeness (QED) is 0.632. The van der Waals surface area contributed by atoms with Crippen molar-refractivity contribution in [2.45, 2.75) is 6.61 Å². The third-order valence-electron chi connectivity index (χ3n) is 3.64. The highest BCUT2D eigenvalue weighted by Gasteiger charge is 2.16. The minimum absolute atomic E-state index is 0.418. The zero-order chi connectivity index (χ0) is 18.4. The third kappa shape index (κ3) is 4.29. The molecule has 0 radical (unpaired) electrons. The monoisotopic (exact) mass is 367 g/mol. The SMILES string of the molecule is COc1ccc(OCc2ccccc2)cc1C(=CC(=O)O)c1nccs1. The van der Waals surface area contributed by atoms with Gasteiger partial charge in [0.25, 0.3) is 0 Å². The number of nitrogens with zero attached hydrogens (tertiary/aromatic N) is 1. The summed E-state index contributed by atoms with van der Waals surface area (Å²) in [5, 5.41) is 11.7. The highest BCUT2D eigenvalue weighted by atomic mass is 32.1. The van der Waals surface area contributed by atoms with Crippen LogP contribution in [0.3, 0.4) is 0 Å². The van der Waals surface area contributed by atoms with E-state index in [2.05, 4.69) is 4.98 Å². The molecule has 0 fully saturated rings. The van der Waals surface area contributed by atoms with Crippen LogP contribution in [-0.2, 0) is 11.4 Å². The molecule has 3 aromatic rings. The standard InChI is InChI=1S/C20H17NO4S/c1-24-18-8-7-15(25-13-14-5-3-2-4-6-14)11-16(18)17(12-19(22)23)20-21-9-10-26-20/h2-12H,13H2,1H3,(H,22,23). The van der Waals surface area contributed by atoms with Gasteiger partial charge in [0.1, 0.15) is 23.1 Å². The number of aliphatic carboxylic acids is 1. The van der Waals surface area contributed by atoms with E-state index in [-0.39, 0.29) is 0 Å². The molecular formula is C20H17NO4S. The average Bonchev–Trinajstić information content (AvgIpc) is 3.19. The van der Waals surface area contributed by atoms with Gasteiger partial charge in [0, 0.05) is 28.8 Å². The lowest BCUT2D eigenvalue weighted by Gasteiger charge is -2.13. The van der Waals surface area contributed by atoms with Crippen molar-refractivity contribution in [3.05, 3.63) is 82.3 Å². The van der Waals surface area contributed by atoms with Crippen molar-refractivity contribution in [1.29, 1.82) is 0 Å². The van der Waals surface area contributed by atoms with E-state index in [1.807, 2.05) is 30.3 Å². The van der Waals surface area contributed by atoms with Crippen LogP contribution in [0, 0.1) is 0 Å². The molecule has 0 spiro atoms. The molecule has 26 heavy (non-hydrogen) atoms. The summed E-state index contributed by atoms with van der Waals surface area (Å²) in [6.07, 6.45) is 2.77. The Kier molecular flexibility index (Phi) is 5.66. The molecule has 0 amide bonds. The van der Waals surface area contributed by atoms with Crippen LogP contribution in [0.15, 0.2) is 66.2 Å². The number of carboxylic acids is 1. The summed E-state index contributed by atoms with van der Waals surface area (Å²) < 4.78 is 11.3. The van der Waals surface area contributed by atoms with Crippen molar-refractivity contribution in [1.82, 2.24) is 4.98 Å². The molecule has 1 N–H and O–H groups in total. The highest BCUT2D eigenvalue weighted by molar-refractivity contribution is 7.10. The maximum absolute atomic E-state index is 11.3. The number of benzene rings is 2. The summed E-state index contributed by atoms with van der Waals surface area (Å²) in [5.41, 5.74) is 2.15. The molecule has 0 bridgehead atoms. The second kappa shape index (κ2) is 8.31. The van der Waals surface area contributed by atoms with Gasteiger partial charge in [0.05, 0.1) is 7.11 Å². The molecule has 0 aliphatic heterocycles. The smallest absolute Gasteiger partial charge is 0.329 e. The van der Waals surface area contributed by atoms with E-state index in [1.54, 1.807) is 36.9 Å². The highest BCUT2D eigenvalue weighted by Crippen LogP contribution is 2.35.